The van der Waals surface area contributed by atoms with Crippen LogP contribution >= 0.6 is 0 Å². The Hall–Kier alpha value is -2.76. The van der Waals surface area contributed by atoms with Gasteiger partial charge >= 0.3 is 0 Å². The lowest BCUT2D eigenvalue weighted by molar-refractivity contribution is -0.119. The van der Waals surface area contributed by atoms with E-state index in [1.807, 2.05) is 18.2 Å². The number of nitrogens with zero attached hydrogens (tertiary/aromatic N) is 3. The van der Waals surface area contributed by atoms with Crippen molar-refractivity contribution in [1.29, 1.82) is 0 Å². The number of aromatic nitrogens is 4. The molecule has 1 aliphatic carbocycles. The average Bonchev–Trinajstić information content (AvgIpc) is 3.16. The normalized spacial score (nSPS) is 15.0. The molecule has 1 saturated carbocycles. The zero-order chi connectivity index (χ0) is 19.2. The number of nitrogens with one attached hydrogen (secondary N) is 2. The Kier molecular flexibility index (Phi) is 5.95. The van der Waals surface area contributed by atoms with Crippen LogP contribution in [0.5, 0.6) is 0 Å². The molecular formula is C22H27N5O. The lowest BCUT2D eigenvalue weighted by Crippen LogP contribution is -2.23. The second kappa shape index (κ2) is 8.95. The number of H-pyrrole nitrogens is 1. The van der Waals surface area contributed by atoms with E-state index in [0.717, 1.165) is 34.4 Å². The van der Waals surface area contributed by atoms with E-state index in [1.54, 1.807) is 18.6 Å². The van der Waals surface area contributed by atoms with E-state index >= 15 is 0 Å². The summed E-state index contributed by atoms with van der Waals surface area (Å²) in [5.41, 5.74) is 3.06. The molecule has 28 heavy (non-hydrogen) atoms. The third-order valence-electron chi connectivity index (χ3n) is 5.58. The molecule has 3 heterocycles. The van der Waals surface area contributed by atoms with E-state index in [1.165, 1.54) is 32.1 Å². The number of aryl methyl sites for hydroxylation is 2. The predicted molar refractivity (Wildman–Crippen MR) is 110 cm³/mol. The van der Waals surface area contributed by atoms with Crippen LogP contribution in [0.2, 0.25) is 0 Å². The number of anilines is 1. The Labute approximate surface area is 165 Å². The molecule has 6 heteroatoms. The van der Waals surface area contributed by atoms with Crippen molar-refractivity contribution in [1.82, 2.24) is 20.2 Å². The summed E-state index contributed by atoms with van der Waals surface area (Å²) in [5.74, 6) is 1.17. The molecule has 3 aromatic heterocycles. The van der Waals surface area contributed by atoms with Gasteiger partial charge in [0.25, 0.3) is 0 Å². The summed E-state index contributed by atoms with van der Waals surface area (Å²) in [6.45, 7) is 0. The number of pyridine rings is 2. The van der Waals surface area contributed by atoms with E-state index in [4.69, 9.17) is 0 Å². The second-order valence-electron chi connectivity index (χ2n) is 7.63. The summed E-state index contributed by atoms with van der Waals surface area (Å²) >= 11 is 0. The van der Waals surface area contributed by atoms with Crippen LogP contribution in [0.25, 0.3) is 10.9 Å². The summed E-state index contributed by atoms with van der Waals surface area (Å²) in [5, 5.41) is 12.2. The van der Waals surface area contributed by atoms with E-state index in [9.17, 15) is 4.79 Å². The summed E-state index contributed by atoms with van der Waals surface area (Å²) in [7, 11) is 0. The number of ketones is 1. The van der Waals surface area contributed by atoms with Crippen LogP contribution in [-0.4, -0.2) is 32.0 Å². The lowest BCUT2D eigenvalue weighted by Gasteiger charge is -2.23. The molecule has 0 atom stereocenters. The van der Waals surface area contributed by atoms with Gasteiger partial charge in [-0.15, -0.1) is 0 Å². The molecule has 1 aliphatic rings. The predicted octanol–water partition coefficient (Wildman–Crippen LogP) is 4.23. The topological polar surface area (TPSA) is 83.6 Å². The minimum atomic E-state index is 0.269. The summed E-state index contributed by atoms with van der Waals surface area (Å²) in [6.07, 6.45) is 14.1. The van der Waals surface area contributed by atoms with Crippen LogP contribution in [-0.2, 0) is 17.6 Å². The van der Waals surface area contributed by atoms with Crippen molar-refractivity contribution in [3.63, 3.8) is 0 Å². The molecule has 0 aromatic carbocycles. The number of hydrogen-bond donors (Lipinski definition) is 2. The molecule has 0 spiro atoms. The first-order valence-corrected chi connectivity index (χ1v) is 10.3. The molecule has 4 rings (SSSR count). The first-order valence-electron chi connectivity index (χ1n) is 10.3. The number of rotatable bonds is 8. The van der Waals surface area contributed by atoms with Crippen molar-refractivity contribution in [2.45, 2.75) is 63.8 Å². The molecular weight excluding hydrogens is 350 g/mol. The molecule has 0 radical (unpaired) electrons. The molecule has 2 N–H and O–H groups in total. The van der Waals surface area contributed by atoms with Gasteiger partial charge in [0.2, 0.25) is 0 Å². The fourth-order valence-electron chi connectivity index (χ4n) is 3.98. The fourth-order valence-corrected chi connectivity index (χ4v) is 3.98. The van der Waals surface area contributed by atoms with E-state index in [2.05, 4.69) is 25.5 Å². The van der Waals surface area contributed by atoms with Gasteiger partial charge in [0.1, 0.15) is 11.6 Å². The minimum absolute atomic E-state index is 0.269. The van der Waals surface area contributed by atoms with Crippen molar-refractivity contribution >= 4 is 22.5 Å². The van der Waals surface area contributed by atoms with Crippen molar-refractivity contribution in [2.75, 3.05) is 5.32 Å². The average molecular weight is 377 g/mol. The van der Waals surface area contributed by atoms with Crippen LogP contribution in [0.15, 0.2) is 36.8 Å². The van der Waals surface area contributed by atoms with Gasteiger partial charge in [-0.1, -0.05) is 19.3 Å². The molecule has 0 bridgehead atoms. The summed E-state index contributed by atoms with van der Waals surface area (Å²) < 4.78 is 0. The Morgan fingerprint density at radius 1 is 1.04 bits per heavy atom. The first kappa shape index (κ1) is 18.6. The summed E-state index contributed by atoms with van der Waals surface area (Å²) in [4.78, 5) is 21.0. The van der Waals surface area contributed by atoms with Gasteiger partial charge < -0.3 is 5.32 Å². The molecule has 1 fully saturated rings. The van der Waals surface area contributed by atoms with Crippen LogP contribution in [0.1, 0.15) is 56.2 Å². The molecule has 0 saturated heterocycles. The first-order chi connectivity index (χ1) is 13.8. The van der Waals surface area contributed by atoms with Crippen LogP contribution in [0, 0.1) is 0 Å². The molecule has 6 nitrogen and oxygen atoms in total. The van der Waals surface area contributed by atoms with Gasteiger partial charge in [-0.2, -0.15) is 5.10 Å². The maximum Gasteiger partial charge on any atom is 0.137 e. The Bertz CT molecular complexity index is 915. The zero-order valence-electron chi connectivity index (χ0n) is 16.2. The highest BCUT2D eigenvalue weighted by Crippen LogP contribution is 2.27. The van der Waals surface area contributed by atoms with E-state index < -0.39 is 0 Å². The smallest absolute Gasteiger partial charge is 0.137 e. The summed E-state index contributed by atoms with van der Waals surface area (Å²) in [6, 6.07) is 6.33. The van der Waals surface area contributed by atoms with Crippen LogP contribution in [0.4, 0.5) is 5.82 Å². The monoisotopic (exact) mass is 377 g/mol. The lowest BCUT2D eigenvalue weighted by atomic mass is 9.95. The second-order valence-corrected chi connectivity index (χ2v) is 7.63. The van der Waals surface area contributed by atoms with Gasteiger partial charge in [-0.3, -0.25) is 14.9 Å². The van der Waals surface area contributed by atoms with Crippen molar-refractivity contribution in [3.8, 4) is 0 Å². The quantitative estimate of drug-likeness (QED) is 0.614. The Morgan fingerprint density at radius 2 is 1.82 bits per heavy atom. The van der Waals surface area contributed by atoms with Gasteiger partial charge in [-0.05, 0) is 49.4 Å². The molecule has 0 amide bonds. The maximum absolute atomic E-state index is 12.4. The van der Waals surface area contributed by atoms with Crippen molar-refractivity contribution < 1.29 is 4.79 Å². The largest absolute Gasteiger partial charge is 0.367 e. The number of carbonyl (C=O) groups excluding carboxylic acids is 1. The van der Waals surface area contributed by atoms with Crippen molar-refractivity contribution in [3.05, 3.63) is 48.0 Å². The Balaban J connectivity index is 1.40. The third-order valence-corrected chi connectivity index (χ3v) is 5.58. The van der Waals surface area contributed by atoms with Gasteiger partial charge in [0.15, 0.2) is 0 Å². The molecule has 0 aliphatic heterocycles. The number of aromatic amines is 1. The Morgan fingerprint density at radius 3 is 2.64 bits per heavy atom. The number of fused-ring (bicyclic) bond motifs is 1. The van der Waals surface area contributed by atoms with Crippen LogP contribution in [0.3, 0.4) is 0 Å². The highest BCUT2D eigenvalue weighted by molar-refractivity contribution is 5.92. The maximum atomic E-state index is 12.4. The van der Waals surface area contributed by atoms with Gasteiger partial charge in [0, 0.05) is 43.2 Å². The zero-order valence-corrected chi connectivity index (χ0v) is 16.2. The van der Waals surface area contributed by atoms with Gasteiger partial charge in [-0.25, -0.2) is 4.98 Å². The number of hydrogen-bond acceptors (Lipinski definition) is 5. The molecule has 0 unspecified atom stereocenters. The fraction of sp³-hybridized carbons (Fsp3) is 0.455. The minimum Gasteiger partial charge on any atom is -0.367 e. The van der Waals surface area contributed by atoms with Crippen LogP contribution < -0.4 is 5.32 Å². The molecule has 146 valence electrons. The third kappa shape index (κ3) is 4.55. The SMILES string of the molecule is O=C(CCc1ccncc1)CCc1[nH]nc2ccnc(NC3CCCCC3)c12. The van der Waals surface area contributed by atoms with Crippen molar-refractivity contribution in [2.24, 2.45) is 0 Å². The highest BCUT2D eigenvalue weighted by Gasteiger charge is 2.18. The number of carbonyl (C=O) groups is 1. The standard InChI is InChI=1S/C22H27N5O/c28-18(7-6-16-10-13-23-14-11-16)8-9-19-21-20(27-26-19)12-15-24-22(21)25-17-4-2-1-3-5-17/h10-15,17H,1-9H2,(H,24,25)(H,26,27). The van der Waals surface area contributed by atoms with Gasteiger partial charge in [0.05, 0.1) is 10.9 Å². The molecule has 3 aromatic rings. The van der Waals surface area contributed by atoms with E-state index in [0.29, 0.717) is 25.3 Å². The number of Topliss-reactive ketones (excluding diaryl/α,β-unsaturated/α-hetero) is 1. The van der Waals surface area contributed by atoms with E-state index in [-0.39, 0.29) is 5.78 Å². The highest BCUT2D eigenvalue weighted by atomic mass is 16.1.